The lowest BCUT2D eigenvalue weighted by Crippen LogP contribution is -1.98. The number of rotatable bonds is 3. The maximum Gasteiger partial charge on any atom is 0.324 e. The van der Waals surface area contributed by atoms with Crippen molar-refractivity contribution in [3.63, 3.8) is 0 Å². The first kappa shape index (κ1) is 9.14. The minimum atomic E-state index is -0.816. The highest BCUT2D eigenvalue weighted by Gasteiger charge is 2.45. The fourth-order valence-corrected chi connectivity index (χ4v) is 2.26. The Morgan fingerprint density at radius 1 is 1.71 bits per heavy atom. The SMILES string of the molecule is O=C(O)C1CC1c1csc([N+](=O)[O-])c1. The molecule has 2 atom stereocenters. The first-order valence-electron chi connectivity index (χ1n) is 4.05. The molecular formula is C8H7NO4S. The summed E-state index contributed by atoms with van der Waals surface area (Å²) in [5, 5.41) is 20.8. The number of carboxylic acids is 1. The second-order valence-electron chi connectivity index (χ2n) is 3.26. The maximum absolute atomic E-state index is 10.6. The molecule has 0 saturated heterocycles. The molecule has 1 aromatic rings. The molecule has 0 amide bonds. The average Bonchev–Trinajstić information content (AvgIpc) is 2.76. The van der Waals surface area contributed by atoms with Gasteiger partial charge in [-0.15, -0.1) is 0 Å². The van der Waals surface area contributed by atoms with Crippen molar-refractivity contribution < 1.29 is 14.8 Å². The molecule has 2 rings (SSSR count). The molecule has 0 bridgehead atoms. The van der Waals surface area contributed by atoms with Crippen LogP contribution in [0.3, 0.4) is 0 Å². The number of hydrogen-bond donors (Lipinski definition) is 1. The Balaban J connectivity index is 2.12. The fourth-order valence-electron chi connectivity index (χ4n) is 1.47. The van der Waals surface area contributed by atoms with E-state index in [4.69, 9.17) is 5.11 Å². The van der Waals surface area contributed by atoms with Crippen LogP contribution in [0.4, 0.5) is 5.00 Å². The van der Waals surface area contributed by atoms with Gasteiger partial charge in [0.05, 0.1) is 10.8 Å². The zero-order chi connectivity index (χ0) is 10.3. The highest BCUT2D eigenvalue weighted by atomic mass is 32.1. The van der Waals surface area contributed by atoms with E-state index in [2.05, 4.69) is 0 Å². The van der Waals surface area contributed by atoms with Crippen molar-refractivity contribution >= 4 is 22.3 Å². The number of carboxylic acid groups (broad SMARTS) is 1. The molecule has 0 spiro atoms. The van der Waals surface area contributed by atoms with Crippen molar-refractivity contribution in [1.29, 1.82) is 0 Å². The monoisotopic (exact) mass is 213 g/mol. The topological polar surface area (TPSA) is 80.4 Å². The Bertz CT molecular complexity index is 400. The Morgan fingerprint density at radius 3 is 2.86 bits per heavy atom. The lowest BCUT2D eigenvalue weighted by Gasteiger charge is -1.89. The predicted molar refractivity (Wildman–Crippen MR) is 49.5 cm³/mol. The highest BCUT2D eigenvalue weighted by molar-refractivity contribution is 7.13. The van der Waals surface area contributed by atoms with E-state index in [1.54, 1.807) is 5.38 Å². The third kappa shape index (κ3) is 1.48. The first-order valence-corrected chi connectivity index (χ1v) is 4.93. The molecule has 5 nitrogen and oxygen atoms in total. The lowest BCUT2D eigenvalue weighted by molar-refractivity contribution is -0.380. The molecule has 1 heterocycles. The van der Waals surface area contributed by atoms with Crippen LogP contribution < -0.4 is 0 Å². The van der Waals surface area contributed by atoms with Crippen molar-refractivity contribution in [2.45, 2.75) is 12.3 Å². The van der Waals surface area contributed by atoms with Crippen molar-refractivity contribution in [3.05, 3.63) is 27.1 Å². The summed E-state index contributed by atoms with van der Waals surface area (Å²) in [4.78, 5) is 20.5. The molecule has 74 valence electrons. The molecular weight excluding hydrogens is 206 g/mol. The van der Waals surface area contributed by atoms with Gasteiger partial charge in [0, 0.05) is 11.4 Å². The van der Waals surface area contributed by atoms with E-state index in [-0.39, 0.29) is 16.8 Å². The van der Waals surface area contributed by atoms with E-state index in [1.807, 2.05) is 0 Å². The van der Waals surface area contributed by atoms with Crippen molar-refractivity contribution in [2.24, 2.45) is 5.92 Å². The van der Waals surface area contributed by atoms with Gasteiger partial charge >= 0.3 is 11.0 Å². The van der Waals surface area contributed by atoms with Crippen molar-refractivity contribution in [2.75, 3.05) is 0 Å². The van der Waals surface area contributed by atoms with Gasteiger partial charge in [-0.3, -0.25) is 14.9 Å². The summed E-state index contributed by atoms with van der Waals surface area (Å²) in [7, 11) is 0. The number of thiophene rings is 1. The van der Waals surface area contributed by atoms with Crippen LogP contribution in [0.5, 0.6) is 0 Å². The van der Waals surface area contributed by atoms with Crippen LogP contribution in [-0.4, -0.2) is 16.0 Å². The molecule has 1 saturated carbocycles. The molecule has 14 heavy (non-hydrogen) atoms. The molecule has 1 aliphatic carbocycles. The second-order valence-corrected chi connectivity index (χ2v) is 4.15. The predicted octanol–water partition coefficient (Wildman–Crippen LogP) is 1.84. The summed E-state index contributed by atoms with van der Waals surface area (Å²) in [6, 6.07) is 1.47. The van der Waals surface area contributed by atoms with Crippen LogP contribution in [0.2, 0.25) is 0 Å². The van der Waals surface area contributed by atoms with Gasteiger partial charge in [-0.2, -0.15) is 0 Å². The molecule has 1 fully saturated rings. The summed E-state index contributed by atoms with van der Waals surface area (Å²) in [5.41, 5.74) is 0.786. The minimum absolute atomic E-state index is 0.0163. The standard InChI is InChI=1S/C8H7NO4S/c10-8(11)6-2-5(6)4-1-7(9(12)13)14-3-4/h1,3,5-6H,2H2,(H,10,11). The Labute approximate surface area is 83.1 Å². The van der Waals surface area contributed by atoms with Gasteiger partial charge < -0.3 is 5.11 Å². The van der Waals surface area contributed by atoms with Gasteiger partial charge in [0.1, 0.15) is 0 Å². The largest absolute Gasteiger partial charge is 0.481 e. The van der Waals surface area contributed by atoms with Gasteiger partial charge in [-0.1, -0.05) is 11.3 Å². The molecule has 0 aromatic carbocycles. The summed E-state index contributed by atoms with van der Waals surface area (Å²) in [5.74, 6) is -1.18. The number of hydrogen-bond acceptors (Lipinski definition) is 4. The molecule has 1 N–H and O–H groups in total. The van der Waals surface area contributed by atoms with Crippen LogP contribution in [-0.2, 0) is 4.79 Å². The molecule has 6 heteroatoms. The van der Waals surface area contributed by atoms with Crippen LogP contribution in [0.25, 0.3) is 0 Å². The van der Waals surface area contributed by atoms with Crippen molar-refractivity contribution in [1.82, 2.24) is 0 Å². The number of aliphatic carboxylic acids is 1. The summed E-state index contributed by atoms with van der Waals surface area (Å²) >= 11 is 1.05. The number of carbonyl (C=O) groups is 1. The van der Waals surface area contributed by atoms with Gasteiger partial charge in [-0.25, -0.2) is 0 Å². The van der Waals surface area contributed by atoms with Crippen LogP contribution in [0, 0.1) is 16.0 Å². The Kier molecular flexibility index (Phi) is 1.99. The zero-order valence-corrected chi connectivity index (χ0v) is 7.86. The summed E-state index contributed by atoms with van der Waals surface area (Å²) in [6.45, 7) is 0. The first-order chi connectivity index (χ1) is 6.59. The quantitative estimate of drug-likeness (QED) is 0.613. The summed E-state index contributed by atoms with van der Waals surface area (Å²) < 4.78 is 0. The molecule has 0 radical (unpaired) electrons. The van der Waals surface area contributed by atoms with Gasteiger partial charge in [0.15, 0.2) is 0 Å². The highest BCUT2D eigenvalue weighted by Crippen LogP contribution is 2.49. The third-order valence-electron chi connectivity index (χ3n) is 2.32. The van der Waals surface area contributed by atoms with Crippen LogP contribution >= 0.6 is 11.3 Å². The van der Waals surface area contributed by atoms with Gasteiger partial charge in [0.25, 0.3) is 0 Å². The van der Waals surface area contributed by atoms with Crippen molar-refractivity contribution in [3.8, 4) is 0 Å². The Morgan fingerprint density at radius 2 is 2.43 bits per heavy atom. The molecule has 1 aromatic heterocycles. The average molecular weight is 213 g/mol. The molecule has 1 aliphatic rings. The third-order valence-corrected chi connectivity index (χ3v) is 3.22. The van der Waals surface area contributed by atoms with E-state index in [0.717, 1.165) is 16.9 Å². The smallest absolute Gasteiger partial charge is 0.324 e. The van der Waals surface area contributed by atoms with Crippen LogP contribution in [0.1, 0.15) is 17.9 Å². The lowest BCUT2D eigenvalue weighted by atomic mass is 10.2. The van der Waals surface area contributed by atoms with E-state index in [0.29, 0.717) is 6.42 Å². The molecule has 2 unspecified atom stereocenters. The van der Waals surface area contributed by atoms with Crippen LogP contribution in [0.15, 0.2) is 11.4 Å². The Hall–Kier alpha value is -1.43. The minimum Gasteiger partial charge on any atom is -0.481 e. The van der Waals surface area contributed by atoms with E-state index in [9.17, 15) is 14.9 Å². The second kappa shape index (κ2) is 3.06. The fraction of sp³-hybridized carbons (Fsp3) is 0.375. The van der Waals surface area contributed by atoms with Gasteiger partial charge in [-0.05, 0) is 17.9 Å². The summed E-state index contributed by atoms with van der Waals surface area (Å²) in [6.07, 6.45) is 0.600. The van der Waals surface area contributed by atoms with E-state index >= 15 is 0 Å². The van der Waals surface area contributed by atoms with E-state index < -0.39 is 10.9 Å². The zero-order valence-electron chi connectivity index (χ0n) is 7.04. The maximum atomic E-state index is 10.6. The van der Waals surface area contributed by atoms with E-state index in [1.165, 1.54) is 6.07 Å². The normalized spacial score (nSPS) is 24.6. The number of nitro groups is 1. The molecule has 0 aliphatic heterocycles. The van der Waals surface area contributed by atoms with Gasteiger partial charge in [0.2, 0.25) is 0 Å². The number of nitrogens with zero attached hydrogens (tertiary/aromatic N) is 1.